The number of hydrogen-bond acceptors (Lipinski definition) is 4. The second-order valence-corrected chi connectivity index (χ2v) is 4.40. The molecule has 0 atom stereocenters. The average Bonchev–Trinajstić information content (AvgIpc) is 2.49. The maximum Gasteiger partial charge on any atom is 0.347 e. The van der Waals surface area contributed by atoms with E-state index in [2.05, 4.69) is 4.98 Å². The number of aromatic amines is 1. The number of hydrogen-bond donors (Lipinski definition) is 1. The number of rotatable bonds is 5. The van der Waals surface area contributed by atoms with Crippen LogP contribution < -0.4 is 10.3 Å². The molecule has 1 N–H and O–H groups in total. The molecule has 0 aliphatic heterocycles. The van der Waals surface area contributed by atoms with Gasteiger partial charge in [0.15, 0.2) is 5.56 Å². The van der Waals surface area contributed by atoms with Crippen LogP contribution in [0.4, 0.5) is 4.39 Å². The number of carbonyl (C=O) groups is 1. The second kappa shape index (κ2) is 6.89. The molecule has 0 bridgehead atoms. The van der Waals surface area contributed by atoms with E-state index in [-0.39, 0.29) is 30.3 Å². The highest BCUT2D eigenvalue weighted by Gasteiger charge is 2.22. The van der Waals surface area contributed by atoms with Crippen LogP contribution in [0, 0.1) is 5.82 Å². The van der Waals surface area contributed by atoms with E-state index in [9.17, 15) is 14.0 Å². The first-order valence-corrected chi connectivity index (χ1v) is 6.90. The molecule has 0 unspecified atom stereocenters. The van der Waals surface area contributed by atoms with Gasteiger partial charge in [-0.25, -0.2) is 9.18 Å². The first-order chi connectivity index (χ1) is 10.6. The van der Waals surface area contributed by atoms with Gasteiger partial charge in [0.05, 0.1) is 13.2 Å². The topological polar surface area (TPSA) is 68.4 Å². The lowest BCUT2D eigenvalue weighted by Gasteiger charge is -2.13. The lowest BCUT2D eigenvalue weighted by Crippen LogP contribution is -2.22. The van der Waals surface area contributed by atoms with E-state index in [0.717, 1.165) is 0 Å². The maximum absolute atomic E-state index is 13.1. The van der Waals surface area contributed by atoms with Crippen LogP contribution in [-0.2, 0) is 4.74 Å². The monoisotopic (exact) mass is 305 g/mol. The molecule has 0 fully saturated rings. The molecule has 2 rings (SSSR count). The number of aromatic nitrogens is 1. The molecule has 5 nitrogen and oxygen atoms in total. The summed E-state index contributed by atoms with van der Waals surface area (Å²) in [5.41, 5.74) is 0.328. The fourth-order valence-corrected chi connectivity index (χ4v) is 2.04. The molecular weight excluding hydrogens is 289 g/mol. The van der Waals surface area contributed by atoms with Crippen molar-refractivity contribution >= 4 is 5.97 Å². The molecule has 0 saturated heterocycles. The third kappa shape index (κ3) is 3.16. The van der Waals surface area contributed by atoms with Crippen LogP contribution in [0.3, 0.4) is 0 Å². The van der Waals surface area contributed by atoms with Crippen LogP contribution >= 0.6 is 0 Å². The summed E-state index contributed by atoms with van der Waals surface area (Å²) in [5.74, 6) is -0.996. The summed E-state index contributed by atoms with van der Waals surface area (Å²) in [5, 5.41) is 0. The van der Waals surface area contributed by atoms with Gasteiger partial charge in [-0.15, -0.1) is 0 Å². The molecule has 0 saturated carbocycles. The molecule has 116 valence electrons. The van der Waals surface area contributed by atoms with Gasteiger partial charge in [-0.3, -0.25) is 4.79 Å². The number of nitrogens with one attached hydrogen (secondary N) is 1. The molecule has 22 heavy (non-hydrogen) atoms. The van der Waals surface area contributed by atoms with E-state index >= 15 is 0 Å². The van der Waals surface area contributed by atoms with Crippen molar-refractivity contribution in [3.05, 3.63) is 52.2 Å². The Hall–Kier alpha value is -2.63. The molecule has 6 heteroatoms. The Balaban J connectivity index is 2.64. The number of esters is 1. The van der Waals surface area contributed by atoms with Gasteiger partial charge in [-0.05, 0) is 31.5 Å². The van der Waals surface area contributed by atoms with E-state index in [1.54, 1.807) is 26.0 Å². The zero-order valence-corrected chi connectivity index (χ0v) is 12.3. The SMILES string of the molecule is CCOC(=O)c1c(OCC)c(-c2ccc(F)cc2)c[nH]c1=O. The fourth-order valence-electron chi connectivity index (χ4n) is 2.04. The van der Waals surface area contributed by atoms with Crippen molar-refractivity contribution in [2.24, 2.45) is 0 Å². The molecule has 1 aromatic carbocycles. The largest absolute Gasteiger partial charge is 0.492 e. The highest BCUT2D eigenvalue weighted by molar-refractivity contribution is 5.95. The quantitative estimate of drug-likeness (QED) is 0.862. The molecular formula is C16H16FNO4. The number of H-pyrrole nitrogens is 1. The highest BCUT2D eigenvalue weighted by atomic mass is 19.1. The van der Waals surface area contributed by atoms with Gasteiger partial charge >= 0.3 is 5.97 Å². The Morgan fingerprint density at radius 1 is 1.18 bits per heavy atom. The Morgan fingerprint density at radius 3 is 2.45 bits per heavy atom. The minimum absolute atomic E-state index is 0.135. The van der Waals surface area contributed by atoms with Gasteiger partial charge in [-0.1, -0.05) is 12.1 Å². The molecule has 2 aromatic rings. The van der Waals surface area contributed by atoms with Gasteiger partial charge in [-0.2, -0.15) is 0 Å². The van der Waals surface area contributed by atoms with Crippen LogP contribution in [0.25, 0.3) is 11.1 Å². The van der Waals surface area contributed by atoms with Crippen molar-refractivity contribution in [1.82, 2.24) is 4.98 Å². The number of carbonyl (C=O) groups excluding carboxylic acids is 1. The van der Waals surface area contributed by atoms with Gasteiger partial charge in [0.1, 0.15) is 11.6 Å². The summed E-state index contributed by atoms with van der Waals surface area (Å²) in [6.07, 6.45) is 1.43. The normalized spacial score (nSPS) is 10.3. The second-order valence-electron chi connectivity index (χ2n) is 4.40. The highest BCUT2D eigenvalue weighted by Crippen LogP contribution is 2.31. The van der Waals surface area contributed by atoms with Crippen molar-refractivity contribution in [2.45, 2.75) is 13.8 Å². The smallest absolute Gasteiger partial charge is 0.347 e. The predicted molar refractivity (Wildman–Crippen MR) is 79.6 cm³/mol. The van der Waals surface area contributed by atoms with Crippen LogP contribution in [0.5, 0.6) is 5.75 Å². The molecule has 0 amide bonds. The first-order valence-electron chi connectivity index (χ1n) is 6.90. The Labute approximate surface area is 126 Å². The minimum atomic E-state index is -0.754. The number of halogens is 1. The molecule has 1 aromatic heterocycles. The molecule has 1 heterocycles. The van der Waals surface area contributed by atoms with Crippen molar-refractivity contribution in [3.63, 3.8) is 0 Å². The standard InChI is InChI=1S/C16H16FNO4/c1-3-21-14-12(10-5-7-11(17)8-6-10)9-18-15(19)13(14)16(20)22-4-2/h5-9H,3-4H2,1-2H3,(H,18,19). The van der Waals surface area contributed by atoms with Crippen LogP contribution in [0.2, 0.25) is 0 Å². The van der Waals surface area contributed by atoms with Crippen LogP contribution in [-0.4, -0.2) is 24.2 Å². The molecule has 0 aliphatic carbocycles. The molecule has 0 radical (unpaired) electrons. The van der Waals surface area contributed by atoms with Gasteiger partial charge in [0, 0.05) is 11.8 Å². The maximum atomic E-state index is 13.1. The van der Waals surface area contributed by atoms with Crippen molar-refractivity contribution in [1.29, 1.82) is 0 Å². The van der Waals surface area contributed by atoms with E-state index in [1.807, 2.05) is 0 Å². The summed E-state index contributed by atoms with van der Waals surface area (Å²) >= 11 is 0. The van der Waals surface area contributed by atoms with E-state index < -0.39 is 11.5 Å². The van der Waals surface area contributed by atoms with Crippen LogP contribution in [0.1, 0.15) is 24.2 Å². The zero-order chi connectivity index (χ0) is 16.1. The summed E-state index contributed by atoms with van der Waals surface area (Å²) in [4.78, 5) is 26.5. The summed E-state index contributed by atoms with van der Waals surface area (Å²) in [7, 11) is 0. The first kappa shape index (κ1) is 15.8. The van der Waals surface area contributed by atoms with Crippen LogP contribution in [0.15, 0.2) is 35.3 Å². The summed E-state index contributed by atoms with van der Waals surface area (Å²) < 4.78 is 23.5. The lowest BCUT2D eigenvalue weighted by molar-refractivity contribution is 0.0520. The van der Waals surface area contributed by atoms with Gasteiger partial charge in [0.25, 0.3) is 5.56 Å². The summed E-state index contributed by atoms with van der Waals surface area (Å²) in [6, 6.07) is 5.67. The lowest BCUT2D eigenvalue weighted by atomic mass is 10.0. The van der Waals surface area contributed by atoms with E-state index in [1.165, 1.54) is 18.3 Å². The van der Waals surface area contributed by atoms with Gasteiger partial charge < -0.3 is 14.5 Å². The van der Waals surface area contributed by atoms with Gasteiger partial charge in [0.2, 0.25) is 0 Å². The third-order valence-electron chi connectivity index (χ3n) is 2.97. The van der Waals surface area contributed by atoms with Crippen molar-refractivity contribution in [3.8, 4) is 16.9 Å². The van der Waals surface area contributed by atoms with E-state index in [4.69, 9.17) is 9.47 Å². The third-order valence-corrected chi connectivity index (χ3v) is 2.97. The number of benzene rings is 1. The van der Waals surface area contributed by atoms with Crippen molar-refractivity contribution < 1.29 is 18.7 Å². The molecule has 0 aliphatic rings. The van der Waals surface area contributed by atoms with E-state index in [0.29, 0.717) is 11.1 Å². The number of ether oxygens (including phenoxy) is 2. The zero-order valence-electron chi connectivity index (χ0n) is 12.3. The molecule has 0 spiro atoms. The Kier molecular flexibility index (Phi) is 4.93. The minimum Gasteiger partial charge on any atom is -0.492 e. The van der Waals surface area contributed by atoms with Crippen molar-refractivity contribution in [2.75, 3.05) is 13.2 Å². The predicted octanol–water partition coefficient (Wildman–Crippen LogP) is 2.76. The fraction of sp³-hybridized carbons (Fsp3) is 0.250. The average molecular weight is 305 g/mol. The number of pyridine rings is 1. The Morgan fingerprint density at radius 2 is 1.86 bits per heavy atom. The summed E-state index contributed by atoms with van der Waals surface area (Å²) in [6.45, 7) is 3.80. The Bertz CT molecular complexity index is 722.